The summed E-state index contributed by atoms with van der Waals surface area (Å²) < 4.78 is 0. The fraction of sp³-hybridized carbons (Fsp3) is 0.500. The topological polar surface area (TPSA) is 96.2 Å². The summed E-state index contributed by atoms with van der Waals surface area (Å²) in [7, 11) is 0. The quantitative estimate of drug-likeness (QED) is 0.0205. The van der Waals surface area contributed by atoms with Crippen LogP contribution >= 0.6 is 94.1 Å². The molecule has 8 aromatic carbocycles. The molecule has 0 aromatic heterocycles. The molecule has 16 unspecified atom stereocenters. The Morgan fingerprint density at radius 2 is 0.268 bits per heavy atom. The largest absolute Gasteiger partial charge is 0.286 e. The van der Waals surface area contributed by atoms with E-state index in [4.69, 9.17) is 21.3 Å². The number of fused-ring (bicyclic) bond motifs is 20. The third-order valence-electron chi connectivity index (χ3n) is 26.7. The van der Waals surface area contributed by atoms with Crippen LogP contribution in [0.25, 0.3) is 0 Å². The van der Waals surface area contributed by atoms with Crippen LogP contribution in [0.15, 0.2) is 243 Å². The summed E-state index contributed by atoms with van der Waals surface area (Å²) in [4.78, 5) is 0. The van der Waals surface area contributed by atoms with Crippen molar-refractivity contribution in [2.45, 2.75) is 194 Å². The zero-order valence-electron chi connectivity index (χ0n) is 65.2. The number of hydrogen-bond acceptors (Lipinski definition) is 16. The summed E-state index contributed by atoms with van der Waals surface area (Å²) in [6.07, 6.45) is 20.0. The van der Waals surface area contributed by atoms with E-state index in [9.17, 15) is 0 Å². The second-order valence-corrected chi connectivity index (χ2v) is 44.3. The van der Waals surface area contributed by atoms with Crippen LogP contribution in [0, 0.1) is 47.3 Å². The van der Waals surface area contributed by atoms with Gasteiger partial charge in [0.05, 0.1) is 49.3 Å². The van der Waals surface area contributed by atoms with E-state index in [0.29, 0.717) is 89.3 Å². The van der Waals surface area contributed by atoms with Gasteiger partial charge < -0.3 is 0 Å². The fourth-order valence-corrected chi connectivity index (χ4v) is 33.5. The van der Waals surface area contributed by atoms with E-state index in [0.717, 1.165) is 97.4 Å². The van der Waals surface area contributed by atoms with E-state index in [2.05, 4.69) is 358 Å². The van der Waals surface area contributed by atoms with Crippen LogP contribution in [-0.4, -0.2) is 137 Å². The lowest BCUT2D eigenvalue weighted by atomic mass is 9.75. The van der Waals surface area contributed by atoms with Crippen LogP contribution in [0.5, 0.6) is 0 Å². The molecule has 5 aliphatic heterocycles. The average Bonchev–Trinajstić information content (AvgIpc) is 1.59. The van der Waals surface area contributed by atoms with Crippen LogP contribution < -0.4 is 42.5 Å². The summed E-state index contributed by atoms with van der Waals surface area (Å²) in [6.45, 7) is 0. The van der Waals surface area contributed by atoms with Gasteiger partial charge in [-0.1, -0.05) is 243 Å². The third kappa shape index (κ3) is 21.1. The van der Waals surface area contributed by atoms with E-state index >= 15 is 0 Å². The molecule has 8 aromatic rings. The van der Waals surface area contributed by atoms with Crippen LogP contribution in [-0.2, 0) is 51.4 Å². The molecule has 4 saturated carbocycles. The van der Waals surface area contributed by atoms with E-state index in [1.165, 1.54) is 95.9 Å². The third-order valence-corrected chi connectivity index (χ3v) is 38.5. The predicted octanol–water partition coefficient (Wildman–Crippen LogP) is 18.2. The van der Waals surface area contributed by atoms with Gasteiger partial charge in [-0.15, -0.1) is 0 Å². The van der Waals surface area contributed by atoms with Crippen LogP contribution in [0.4, 0.5) is 0 Å². The maximum atomic E-state index is 4.74. The first kappa shape index (κ1) is 80.6. The first-order valence-corrected chi connectivity index (χ1v) is 51.2. The highest BCUT2D eigenvalue weighted by Gasteiger charge is 2.59. The number of benzene rings is 8. The Hall–Kier alpha value is -3.76. The standard InChI is InChI=1S/C96H120N8S8/c1-9-25-65(26-10-1)41-49-105-81-57-73-74(58-82(81)106-50-42-66-27-11-2-12-28-66)90-97-89(73)101-91-75-59-83(107-51-43-67-29-13-3-14-30-67)84(108-52-44-68-31-15-4-16-32-68)60-76(75)93(98-91)103-95-79-63-87(111-55-47-71-37-21-7-22-38-71)88(112-56-48-72-39-23-8-24-40-72)64-80(79)96(100-95)104-94-78-62-86(110-54-46-70-35-19-6-20-36-70)85(61-77(78)92(99-94)102-90)109-53-45-69-33-17-5-18-34-69/h1-40,73-104H,41-64H2. The van der Waals surface area contributed by atoms with Crippen molar-refractivity contribution in [3.63, 3.8) is 0 Å². The average molecular weight is 1640 g/mol. The minimum atomic E-state index is 0.160. The molecule has 592 valence electrons. The zero-order valence-corrected chi connectivity index (χ0v) is 71.7. The lowest BCUT2D eigenvalue weighted by Gasteiger charge is -2.43. The maximum absolute atomic E-state index is 4.74. The second kappa shape index (κ2) is 40.8. The Bertz CT molecular complexity index is 3280. The molecule has 8 N–H and O–H groups in total. The molecule has 5 saturated heterocycles. The van der Waals surface area contributed by atoms with Crippen molar-refractivity contribution in [3.8, 4) is 0 Å². The van der Waals surface area contributed by atoms with E-state index < -0.39 is 0 Å². The van der Waals surface area contributed by atoms with Gasteiger partial charge in [0.15, 0.2) is 0 Å². The van der Waals surface area contributed by atoms with Gasteiger partial charge in [0, 0.05) is 42.0 Å². The molecule has 16 atom stereocenters. The van der Waals surface area contributed by atoms with Crippen LogP contribution in [0.2, 0.25) is 0 Å². The van der Waals surface area contributed by atoms with Gasteiger partial charge >= 0.3 is 0 Å². The molecule has 17 rings (SSSR count). The van der Waals surface area contributed by atoms with Crippen molar-refractivity contribution < 1.29 is 0 Å². The van der Waals surface area contributed by atoms with Crippen LogP contribution in [0.3, 0.4) is 0 Å². The number of hydrogen-bond donors (Lipinski definition) is 8. The Balaban J connectivity index is 0.725. The summed E-state index contributed by atoms with van der Waals surface area (Å²) >= 11 is 18.4. The first-order chi connectivity index (χ1) is 55.5. The molecule has 16 heteroatoms. The fourth-order valence-electron chi connectivity index (χ4n) is 20.9. The van der Waals surface area contributed by atoms with Crippen molar-refractivity contribution >= 4 is 94.1 Å². The Labute approximate surface area is 705 Å². The molecule has 112 heavy (non-hydrogen) atoms. The molecular formula is C96H120N8S8. The monoisotopic (exact) mass is 1640 g/mol. The second-order valence-electron chi connectivity index (χ2n) is 33.5. The molecule has 0 spiro atoms. The Kier molecular flexibility index (Phi) is 29.4. The van der Waals surface area contributed by atoms with Gasteiger partial charge in [-0.3, -0.25) is 42.5 Å². The summed E-state index contributed by atoms with van der Waals surface area (Å²) in [5.74, 6) is 13.0. The van der Waals surface area contributed by atoms with Crippen molar-refractivity contribution in [2.24, 2.45) is 47.3 Å². The molecular weight excluding hydrogens is 1520 g/mol. The highest BCUT2D eigenvalue weighted by Crippen LogP contribution is 2.54. The van der Waals surface area contributed by atoms with E-state index in [-0.39, 0.29) is 49.3 Å². The lowest BCUT2D eigenvalue weighted by molar-refractivity contribution is 0.175. The van der Waals surface area contributed by atoms with Gasteiger partial charge in [-0.05, 0) is 241 Å². The van der Waals surface area contributed by atoms with Crippen molar-refractivity contribution in [1.82, 2.24) is 42.5 Å². The highest BCUT2D eigenvalue weighted by molar-refractivity contribution is 8.05. The molecule has 0 radical (unpaired) electrons. The Morgan fingerprint density at radius 1 is 0.161 bits per heavy atom. The number of aryl methyl sites for hydroxylation is 8. The highest BCUT2D eigenvalue weighted by atomic mass is 32.2. The van der Waals surface area contributed by atoms with E-state index in [1.807, 2.05) is 0 Å². The van der Waals surface area contributed by atoms with E-state index in [1.54, 1.807) is 0 Å². The molecule has 0 amide bonds. The SMILES string of the molecule is c1ccc(CCSC2CC3C4NC(NC5NC(NC6NC(NC7NC(N4)C4CC(SCCc8ccccc8)C(SCCc8ccccc8)CC74)C4CC(SCCc7ccccc7)C(SCCc7ccccc7)CC64)C4CC(SCCc6ccccc6)C(SCCc6ccccc6)CC54)C3CC2SCCc2ccccc2)cc1. The van der Waals surface area contributed by atoms with Gasteiger partial charge in [0.25, 0.3) is 0 Å². The lowest BCUT2D eigenvalue weighted by Crippen LogP contribution is -2.61. The molecule has 8 bridgehead atoms. The summed E-state index contributed by atoms with van der Waals surface area (Å²) in [6, 6.07) is 90.8. The number of thioether (sulfide) groups is 8. The van der Waals surface area contributed by atoms with Crippen LogP contribution in [0.1, 0.15) is 95.9 Å². The van der Waals surface area contributed by atoms with Crippen molar-refractivity contribution in [2.75, 3.05) is 46.0 Å². The van der Waals surface area contributed by atoms with Gasteiger partial charge in [-0.25, -0.2) is 0 Å². The number of nitrogens with one attached hydrogen (secondary N) is 8. The van der Waals surface area contributed by atoms with Crippen molar-refractivity contribution in [3.05, 3.63) is 287 Å². The summed E-state index contributed by atoms with van der Waals surface area (Å²) in [5, 5.41) is 42.1. The normalized spacial score (nSPS) is 33.3. The smallest absolute Gasteiger partial charge is 0.0628 e. The zero-order chi connectivity index (χ0) is 75.0. The molecule has 9 aliphatic rings. The molecule has 8 nitrogen and oxygen atoms in total. The molecule has 9 fully saturated rings. The van der Waals surface area contributed by atoms with Gasteiger partial charge in [0.1, 0.15) is 0 Å². The molecule has 5 heterocycles. The molecule has 4 aliphatic carbocycles. The summed E-state index contributed by atoms with van der Waals surface area (Å²) in [5.41, 5.74) is 11.7. The van der Waals surface area contributed by atoms with Gasteiger partial charge in [0.2, 0.25) is 0 Å². The number of rotatable bonds is 32. The Morgan fingerprint density at radius 3 is 0.375 bits per heavy atom. The van der Waals surface area contributed by atoms with Gasteiger partial charge in [-0.2, -0.15) is 94.1 Å². The predicted molar refractivity (Wildman–Crippen MR) is 491 cm³/mol. The minimum Gasteiger partial charge on any atom is -0.286 e. The minimum absolute atomic E-state index is 0.160. The van der Waals surface area contributed by atoms with Crippen molar-refractivity contribution in [1.29, 1.82) is 0 Å². The maximum Gasteiger partial charge on any atom is 0.0628 e. The first-order valence-electron chi connectivity index (χ1n) is 42.8.